The number of aromatic nitrogens is 2. The first-order valence-corrected chi connectivity index (χ1v) is 12.0. The molecule has 1 fully saturated rings. The van der Waals surface area contributed by atoms with Crippen LogP contribution in [0.15, 0.2) is 42.5 Å². The molecule has 1 amide bonds. The summed E-state index contributed by atoms with van der Waals surface area (Å²) in [4.78, 5) is 28.0. The predicted molar refractivity (Wildman–Crippen MR) is 128 cm³/mol. The molecule has 7 nitrogen and oxygen atoms in total. The van der Waals surface area contributed by atoms with Gasteiger partial charge in [-0.1, -0.05) is 0 Å². The van der Waals surface area contributed by atoms with E-state index in [-0.39, 0.29) is 30.3 Å². The Balaban J connectivity index is 1.45. The zero-order valence-electron chi connectivity index (χ0n) is 20.4. The lowest BCUT2D eigenvalue weighted by molar-refractivity contribution is -0.137. The average molecular weight is 534 g/mol. The first-order valence-electron chi connectivity index (χ1n) is 12.0. The normalized spacial score (nSPS) is 16.4. The van der Waals surface area contributed by atoms with Gasteiger partial charge in [-0.05, 0) is 43.4 Å². The van der Waals surface area contributed by atoms with Gasteiger partial charge in [-0.2, -0.15) is 18.2 Å². The molecule has 3 aromatic rings. The third-order valence-corrected chi connectivity index (χ3v) is 6.64. The van der Waals surface area contributed by atoms with Crippen molar-refractivity contribution < 1.29 is 31.5 Å². The van der Waals surface area contributed by atoms with Crippen LogP contribution in [0.25, 0.3) is 0 Å². The Labute approximate surface area is 215 Å². The van der Waals surface area contributed by atoms with Crippen LogP contribution >= 0.6 is 0 Å². The fourth-order valence-corrected chi connectivity index (χ4v) is 4.42. The summed E-state index contributed by atoms with van der Waals surface area (Å²) >= 11 is 0. The second kappa shape index (κ2) is 10.2. The van der Waals surface area contributed by atoms with Crippen LogP contribution in [0, 0.1) is 11.6 Å². The number of amides is 1. The smallest absolute Gasteiger partial charge is 0.416 e. The van der Waals surface area contributed by atoms with Gasteiger partial charge in [0.1, 0.15) is 5.82 Å². The first-order chi connectivity index (χ1) is 18.1. The molecule has 3 heterocycles. The van der Waals surface area contributed by atoms with E-state index in [1.165, 1.54) is 4.90 Å². The summed E-state index contributed by atoms with van der Waals surface area (Å²) in [5.41, 5.74) is 0.337. The van der Waals surface area contributed by atoms with Gasteiger partial charge in [0.2, 0.25) is 11.8 Å². The number of carbonyl (C=O) groups is 1. The molecule has 0 atom stereocenters. The second-order valence-corrected chi connectivity index (χ2v) is 9.27. The van der Waals surface area contributed by atoms with Crippen LogP contribution in [-0.2, 0) is 19.1 Å². The highest BCUT2D eigenvalue weighted by molar-refractivity contribution is 5.94. The van der Waals surface area contributed by atoms with Crippen molar-refractivity contribution in [2.75, 3.05) is 44.7 Å². The van der Waals surface area contributed by atoms with Crippen LogP contribution in [0.4, 0.5) is 27.9 Å². The number of fused-ring (bicyclic) bond motifs is 1. The quantitative estimate of drug-likeness (QED) is 0.460. The van der Waals surface area contributed by atoms with Crippen molar-refractivity contribution in [1.29, 1.82) is 0 Å². The molecule has 1 aromatic heterocycles. The number of hydrogen-bond acceptors (Lipinski definition) is 6. The monoisotopic (exact) mass is 533 g/mol. The van der Waals surface area contributed by atoms with E-state index in [0.29, 0.717) is 42.8 Å². The Bertz CT molecular complexity index is 1340. The van der Waals surface area contributed by atoms with Crippen LogP contribution in [0.5, 0.6) is 11.6 Å². The number of carbonyl (C=O) groups excluding carboxylic acids is 1. The van der Waals surface area contributed by atoms with Crippen molar-refractivity contribution in [3.05, 3.63) is 76.5 Å². The van der Waals surface area contributed by atoms with E-state index in [2.05, 4.69) is 9.88 Å². The molecule has 0 radical (unpaired) electrons. The summed E-state index contributed by atoms with van der Waals surface area (Å²) in [5.74, 6) is -1.91. The van der Waals surface area contributed by atoms with Gasteiger partial charge < -0.3 is 19.4 Å². The molecule has 0 spiro atoms. The number of halogens is 5. The minimum atomic E-state index is -4.51. The molecule has 200 valence electrons. The second-order valence-electron chi connectivity index (χ2n) is 9.27. The molecular formula is C26H24F5N5O2. The number of anilines is 1. The zero-order chi connectivity index (χ0) is 27.0. The van der Waals surface area contributed by atoms with Gasteiger partial charge in [-0.15, -0.1) is 0 Å². The molecule has 38 heavy (non-hydrogen) atoms. The molecule has 0 bridgehead atoms. The van der Waals surface area contributed by atoms with Crippen LogP contribution < -0.4 is 9.64 Å². The number of ether oxygens (including phenoxy) is 1. The maximum atomic E-state index is 14.4. The maximum absolute atomic E-state index is 14.4. The third kappa shape index (κ3) is 5.40. The van der Waals surface area contributed by atoms with Gasteiger partial charge in [0.25, 0.3) is 5.91 Å². The Hall–Kier alpha value is -3.80. The maximum Gasteiger partial charge on any atom is 0.416 e. The van der Waals surface area contributed by atoms with Crippen LogP contribution in [0.3, 0.4) is 0 Å². The van der Waals surface area contributed by atoms with E-state index in [4.69, 9.17) is 9.72 Å². The number of alkyl halides is 3. The third-order valence-electron chi connectivity index (χ3n) is 6.64. The summed E-state index contributed by atoms with van der Waals surface area (Å²) in [6.45, 7) is 3.25. The van der Waals surface area contributed by atoms with E-state index >= 15 is 0 Å². The highest BCUT2D eigenvalue weighted by Gasteiger charge is 2.32. The number of hydrogen-bond donors (Lipinski definition) is 0. The zero-order valence-corrected chi connectivity index (χ0v) is 20.4. The first kappa shape index (κ1) is 25.8. The Kier molecular flexibility index (Phi) is 6.91. The predicted octanol–water partition coefficient (Wildman–Crippen LogP) is 4.52. The number of rotatable bonds is 4. The van der Waals surface area contributed by atoms with Gasteiger partial charge >= 0.3 is 6.18 Å². The van der Waals surface area contributed by atoms with Crippen molar-refractivity contribution in [2.45, 2.75) is 19.1 Å². The summed E-state index contributed by atoms with van der Waals surface area (Å²) in [6, 6.07) is 6.92. The van der Waals surface area contributed by atoms with E-state index in [9.17, 15) is 26.7 Å². The minimum Gasteiger partial charge on any atom is -0.435 e. The molecule has 2 aliphatic rings. The Morgan fingerprint density at radius 1 is 0.947 bits per heavy atom. The van der Waals surface area contributed by atoms with E-state index < -0.39 is 29.3 Å². The molecule has 12 heteroatoms. The number of benzene rings is 2. The highest BCUT2D eigenvalue weighted by atomic mass is 19.4. The Morgan fingerprint density at radius 3 is 2.32 bits per heavy atom. The molecular weight excluding hydrogens is 509 g/mol. The van der Waals surface area contributed by atoms with Crippen LogP contribution in [-0.4, -0.2) is 65.4 Å². The topological polar surface area (TPSA) is 61.8 Å². The van der Waals surface area contributed by atoms with Crippen LogP contribution in [0.2, 0.25) is 0 Å². The van der Waals surface area contributed by atoms with Crippen molar-refractivity contribution >= 4 is 11.9 Å². The molecule has 2 aliphatic heterocycles. The molecule has 0 N–H and O–H groups in total. The number of likely N-dealkylation sites (N-methyl/N-ethyl adjacent to an activating group) is 1. The van der Waals surface area contributed by atoms with E-state index in [0.717, 1.165) is 49.5 Å². The minimum absolute atomic E-state index is 0.0103. The van der Waals surface area contributed by atoms with Crippen molar-refractivity contribution in [1.82, 2.24) is 19.8 Å². The largest absolute Gasteiger partial charge is 0.435 e. The van der Waals surface area contributed by atoms with E-state index in [1.54, 1.807) is 0 Å². The van der Waals surface area contributed by atoms with Crippen molar-refractivity contribution in [2.24, 2.45) is 0 Å². The number of nitrogens with zero attached hydrogens (tertiary/aromatic N) is 5. The fraction of sp³-hybridized carbons (Fsp3) is 0.346. The van der Waals surface area contributed by atoms with Crippen molar-refractivity contribution in [3.63, 3.8) is 0 Å². The molecule has 1 saturated heterocycles. The summed E-state index contributed by atoms with van der Waals surface area (Å²) in [6.07, 6.45) is -4.17. The molecule has 5 rings (SSSR count). The summed E-state index contributed by atoms with van der Waals surface area (Å²) in [5, 5.41) is 0. The van der Waals surface area contributed by atoms with Gasteiger partial charge in [-0.3, -0.25) is 4.79 Å². The lowest BCUT2D eigenvalue weighted by Crippen LogP contribution is -2.45. The fourth-order valence-electron chi connectivity index (χ4n) is 4.42. The molecule has 0 aliphatic carbocycles. The van der Waals surface area contributed by atoms with Gasteiger partial charge in [0.05, 0.1) is 23.4 Å². The highest BCUT2D eigenvalue weighted by Crippen LogP contribution is 2.34. The molecule has 0 unspecified atom stereocenters. The Morgan fingerprint density at radius 2 is 1.66 bits per heavy atom. The van der Waals surface area contributed by atoms with Crippen LogP contribution in [0.1, 0.15) is 27.2 Å². The lowest BCUT2D eigenvalue weighted by Gasteiger charge is -2.34. The van der Waals surface area contributed by atoms with Gasteiger partial charge in [-0.25, -0.2) is 13.8 Å². The number of piperazine rings is 1. The SMILES string of the molecule is CN1CCN(c2nc3c(c(Oc4ccc(F)cc4F)n2)CN(C(=O)c2ccc(C(F)(F)F)cc2)CC3)CC1. The molecule has 0 saturated carbocycles. The van der Waals surface area contributed by atoms with Gasteiger partial charge in [0, 0.05) is 50.8 Å². The van der Waals surface area contributed by atoms with Gasteiger partial charge in [0.15, 0.2) is 11.6 Å². The van der Waals surface area contributed by atoms with E-state index in [1.807, 2.05) is 11.9 Å². The summed E-state index contributed by atoms with van der Waals surface area (Å²) in [7, 11) is 2.01. The molecule has 2 aromatic carbocycles. The van der Waals surface area contributed by atoms with Crippen molar-refractivity contribution in [3.8, 4) is 11.6 Å². The summed E-state index contributed by atoms with van der Waals surface area (Å²) < 4.78 is 72.5. The standard InChI is InChI=1S/C26H24F5N5O2/c1-34-10-12-35(13-11-34)25-32-21-8-9-36(24(37)16-2-4-17(5-3-16)26(29,30)31)15-19(21)23(33-25)38-22-7-6-18(27)14-20(22)28/h2-7,14H,8-13,15H2,1H3. The average Bonchev–Trinajstić information content (AvgIpc) is 2.89. The lowest BCUT2D eigenvalue weighted by atomic mass is 10.0.